The monoisotopic (exact) mass is 455 g/mol. The molecule has 0 spiro atoms. The molecule has 2 amide bonds. The van der Waals surface area contributed by atoms with Crippen molar-refractivity contribution in [2.45, 2.75) is 13.8 Å². The van der Waals surface area contributed by atoms with Crippen LogP contribution in [-0.4, -0.2) is 25.0 Å². The van der Waals surface area contributed by atoms with E-state index < -0.39 is 5.91 Å². The van der Waals surface area contributed by atoms with E-state index in [0.717, 1.165) is 5.56 Å². The van der Waals surface area contributed by atoms with Crippen molar-refractivity contribution < 1.29 is 19.1 Å². The second-order valence-electron chi connectivity index (χ2n) is 7.34. The molecule has 7 heteroatoms. The Balaban J connectivity index is 1.70. The average Bonchev–Trinajstić information content (AvgIpc) is 2.82. The number of nitriles is 1. The van der Waals surface area contributed by atoms with Gasteiger partial charge in [-0.05, 0) is 67.4 Å². The molecule has 0 heterocycles. The average molecular weight is 456 g/mol. The van der Waals surface area contributed by atoms with Crippen molar-refractivity contribution in [3.05, 3.63) is 89.5 Å². The van der Waals surface area contributed by atoms with Gasteiger partial charge in [0.1, 0.15) is 11.6 Å². The summed E-state index contributed by atoms with van der Waals surface area (Å²) in [6.07, 6.45) is 1.47. The van der Waals surface area contributed by atoms with Crippen molar-refractivity contribution in [3.63, 3.8) is 0 Å². The second kappa shape index (κ2) is 11.9. The number of benzene rings is 3. The van der Waals surface area contributed by atoms with Crippen LogP contribution in [0.2, 0.25) is 0 Å². The Kier molecular flexibility index (Phi) is 8.42. The minimum absolute atomic E-state index is 0.0579. The molecule has 0 fully saturated rings. The zero-order chi connectivity index (χ0) is 24.3. The van der Waals surface area contributed by atoms with Gasteiger partial charge < -0.3 is 20.1 Å². The topological polar surface area (TPSA) is 100 Å². The quantitative estimate of drug-likeness (QED) is 0.351. The van der Waals surface area contributed by atoms with Crippen LogP contribution in [0.25, 0.3) is 6.08 Å². The summed E-state index contributed by atoms with van der Waals surface area (Å²) in [4.78, 5) is 24.7. The van der Waals surface area contributed by atoms with E-state index in [1.54, 1.807) is 48.5 Å². The Hall–Kier alpha value is -4.57. The van der Waals surface area contributed by atoms with Crippen molar-refractivity contribution in [2.75, 3.05) is 23.8 Å². The molecule has 0 aromatic heterocycles. The standard InChI is InChI=1S/C27H25N3O4/c1-3-33-25-16-20(15-21(17-28)27(32)30-22-9-5-4-6-10-22)12-13-24(25)34-18-26(31)29-23-11-7-8-19(2)14-23/h4-16H,3,18H2,1-2H3,(H,29,31)(H,30,32)/b21-15+. The summed E-state index contributed by atoms with van der Waals surface area (Å²) in [5, 5.41) is 14.9. The molecule has 0 saturated heterocycles. The summed E-state index contributed by atoms with van der Waals surface area (Å²) in [6.45, 7) is 3.94. The lowest BCUT2D eigenvalue weighted by Gasteiger charge is -2.13. The maximum Gasteiger partial charge on any atom is 0.266 e. The van der Waals surface area contributed by atoms with E-state index in [-0.39, 0.29) is 18.1 Å². The highest BCUT2D eigenvalue weighted by molar-refractivity contribution is 6.09. The Morgan fingerprint density at radius 2 is 1.68 bits per heavy atom. The zero-order valence-corrected chi connectivity index (χ0v) is 19.0. The van der Waals surface area contributed by atoms with Gasteiger partial charge in [0.15, 0.2) is 18.1 Å². The molecule has 3 aromatic carbocycles. The van der Waals surface area contributed by atoms with Crippen molar-refractivity contribution >= 4 is 29.3 Å². The Labute approximate surface area is 198 Å². The highest BCUT2D eigenvalue weighted by Crippen LogP contribution is 2.29. The van der Waals surface area contributed by atoms with Gasteiger partial charge in [-0.3, -0.25) is 9.59 Å². The van der Waals surface area contributed by atoms with E-state index in [2.05, 4.69) is 10.6 Å². The number of aryl methyl sites for hydroxylation is 1. The highest BCUT2D eigenvalue weighted by atomic mass is 16.5. The second-order valence-corrected chi connectivity index (χ2v) is 7.34. The molecular weight excluding hydrogens is 430 g/mol. The van der Waals surface area contributed by atoms with Gasteiger partial charge in [0, 0.05) is 11.4 Å². The zero-order valence-electron chi connectivity index (χ0n) is 19.0. The van der Waals surface area contributed by atoms with Gasteiger partial charge in [-0.25, -0.2) is 0 Å². The van der Waals surface area contributed by atoms with Crippen LogP contribution in [0.1, 0.15) is 18.1 Å². The van der Waals surface area contributed by atoms with Crippen LogP contribution in [0, 0.1) is 18.3 Å². The fraction of sp³-hybridized carbons (Fsp3) is 0.148. The number of para-hydroxylation sites is 1. The lowest BCUT2D eigenvalue weighted by Crippen LogP contribution is -2.20. The molecule has 3 rings (SSSR count). The third kappa shape index (κ3) is 6.97. The number of hydrogen-bond acceptors (Lipinski definition) is 5. The summed E-state index contributed by atoms with van der Waals surface area (Å²) >= 11 is 0. The first-order valence-corrected chi connectivity index (χ1v) is 10.7. The first-order valence-electron chi connectivity index (χ1n) is 10.7. The van der Waals surface area contributed by atoms with Crippen molar-refractivity contribution in [3.8, 4) is 17.6 Å². The molecule has 0 radical (unpaired) electrons. The first kappa shape index (κ1) is 24.1. The molecule has 0 saturated carbocycles. The van der Waals surface area contributed by atoms with Gasteiger partial charge in [0.2, 0.25) is 0 Å². The van der Waals surface area contributed by atoms with Crippen molar-refractivity contribution in [2.24, 2.45) is 0 Å². The van der Waals surface area contributed by atoms with E-state index in [4.69, 9.17) is 9.47 Å². The fourth-order valence-corrected chi connectivity index (χ4v) is 3.10. The summed E-state index contributed by atoms with van der Waals surface area (Å²) in [7, 11) is 0. The molecule has 0 atom stereocenters. The molecule has 2 N–H and O–H groups in total. The lowest BCUT2D eigenvalue weighted by molar-refractivity contribution is -0.118. The minimum atomic E-state index is -0.514. The molecule has 0 bridgehead atoms. The van der Waals surface area contributed by atoms with E-state index in [9.17, 15) is 14.9 Å². The molecule has 34 heavy (non-hydrogen) atoms. The molecular formula is C27H25N3O4. The maximum absolute atomic E-state index is 12.5. The third-order valence-electron chi connectivity index (χ3n) is 4.64. The number of ether oxygens (including phenoxy) is 2. The number of anilines is 2. The molecule has 0 aliphatic carbocycles. The van der Waals surface area contributed by atoms with E-state index in [1.165, 1.54) is 6.08 Å². The van der Waals surface area contributed by atoms with Gasteiger partial charge in [-0.15, -0.1) is 0 Å². The predicted octanol–water partition coefficient (Wildman–Crippen LogP) is 4.96. The number of rotatable bonds is 9. The van der Waals surface area contributed by atoms with Gasteiger partial charge in [-0.2, -0.15) is 5.26 Å². The number of nitrogens with one attached hydrogen (secondary N) is 2. The van der Waals surface area contributed by atoms with Gasteiger partial charge in [-0.1, -0.05) is 36.4 Å². The predicted molar refractivity (Wildman–Crippen MR) is 132 cm³/mol. The number of carbonyl (C=O) groups excluding carboxylic acids is 2. The van der Waals surface area contributed by atoms with Gasteiger partial charge in [0.25, 0.3) is 11.8 Å². The molecule has 0 unspecified atom stereocenters. The largest absolute Gasteiger partial charge is 0.490 e. The Morgan fingerprint density at radius 1 is 0.912 bits per heavy atom. The number of amides is 2. The minimum Gasteiger partial charge on any atom is -0.490 e. The van der Waals surface area contributed by atoms with Gasteiger partial charge >= 0.3 is 0 Å². The summed E-state index contributed by atoms with van der Waals surface area (Å²) in [6, 6.07) is 23.3. The Morgan fingerprint density at radius 3 is 2.38 bits per heavy atom. The third-order valence-corrected chi connectivity index (χ3v) is 4.64. The number of nitrogens with zero attached hydrogens (tertiary/aromatic N) is 1. The molecule has 7 nitrogen and oxygen atoms in total. The molecule has 172 valence electrons. The van der Waals surface area contributed by atoms with Crippen LogP contribution < -0.4 is 20.1 Å². The van der Waals surface area contributed by atoms with Crippen LogP contribution in [0.4, 0.5) is 11.4 Å². The van der Waals surface area contributed by atoms with Crippen LogP contribution in [0.15, 0.2) is 78.4 Å². The van der Waals surface area contributed by atoms with E-state index in [1.807, 2.05) is 44.2 Å². The lowest BCUT2D eigenvalue weighted by atomic mass is 10.1. The number of carbonyl (C=O) groups is 2. The van der Waals surface area contributed by atoms with Crippen molar-refractivity contribution in [1.29, 1.82) is 5.26 Å². The van der Waals surface area contributed by atoms with E-state index >= 15 is 0 Å². The summed E-state index contributed by atoms with van der Waals surface area (Å²) in [5.41, 5.74) is 2.85. The molecule has 0 aliphatic rings. The molecule has 3 aromatic rings. The van der Waals surface area contributed by atoms with Crippen LogP contribution >= 0.6 is 0 Å². The van der Waals surface area contributed by atoms with Crippen LogP contribution in [-0.2, 0) is 9.59 Å². The highest BCUT2D eigenvalue weighted by Gasteiger charge is 2.12. The Bertz CT molecular complexity index is 1230. The van der Waals surface area contributed by atoms with Crippen molar-refractivity contribution in [1.82, 2.24) is 0 Å². The smallest absolute Gasteiger partial charge is 0.266 e. The van der Waals surface area contributed by atoms with Crippen LogP contribution in [0.5, 0.6) is 11.5 Å². The maximum atomic E-state index is 12.5. The normalized spacial score (nSPS) is 10.7. The first-order chi connectivity index (χ1) is 16.5. The van der Waals surface area contributed by atoms with E-state index in [0.29, 0.717) is 35.0 Å². The number of hydrogen-bond donors (Lipinski definition) is 2. The van der Waals surface area contributed by atoms with Crippen LogP contribution in [0.3, 0.4) is 0 Å². The van der Waals surface area contributed by atoms with Gasteiger partial charge in [0.05, 0.1) is 6.61 Å². The fourth-order valence-electron chi connectivity index (χ4n) is 3.10. The SMILES string of the molecule is CCOc1cc(/C=C(\C#N)C(=O)Nc2ccccc2)ccc1OCC(=O)Nc1cccc(C)c1. The summed E-state index contributed by atoms with van der Waals surface area (Å²) in [5.74, 6) is -0.0350. The summed E-state index contributed by atoms with van der Waals surface area (Å²) < 4.78 is 11.3. The molecule has 0 aliphatic heterocycles.